The third-order valence-corrected chi connectivity index (χ3v) is 4.71. The van der Waals surface area contributed by atoms with Crippen molar-refractivity contribution in [3.05, 3.63) is 65.9 Å². The SMILES string of the molecule is COc1ccc(C)cc1NC(=O)CSc1nc(C)cc(-c2ccccc2)n1. The third-order valence-electron chi connectivity index (χ3n) is 3.86. The molecule has 0 aliphatic heterocycles. The molecule has 6 heteroatoms. The van der Waals surface area contributed by atoms with E-state index in [4.69, 9.17) is 4.74 Å². The van der Waals surface area contributed by atoms with Gasteiger partial charge in [-0.15, -0.1) is 0 Å². The van der Waals surface area contributed by atoms with Gasteiger partial charge < -0.3 is 10.1 Å². The van der Waals surface area contributed by atoms with Gasteiger partial charge in [-0.2, -0.15) is 0 Å². The average molecular weight is 379 g/mol. The number of nitrogens with zero attached hydrogens (tertiary/aromatic N) is 2. The third kappa shape index (κ3) is 5.08. The van der Waals surface area contributed by atoms with E-state index in [-0.39, 0.29) is 11.7 Å². The first kappa shape index (κ1) is 18.9. The number of rotatable bonds is 6. The molecule has 3 rings (SSSR count). The molecule has 5 nitrogen and oxygen atoms in total. The summed E-state index contributed by atoms with van der Waals surface area (Å²) in [6, 6.07) is 17.5. The van der Waals surface area contributed by atoms with Gasteiger partial charge in [0.2, 0.25) is 5.91 Å². The summed E-state index contributed by atoms with van der Waals surface area (Å²) >= 11 is 1.31. The number of anilines is 1. The van der Waals surface area contributed by atoms with Gasteiger partial charge in [0.15, 0.2) is 5.16 Å². The Kier molecular flexibility index (Phi) is 6.08. The van der Waals surface area contributed by atoms with Crippen LogP contribution in [-0.2, 0) is 4.79 Å². The molecular weight excluding hydrogens is 358 g/mol. The molecule has 0 unspecified atom stereocenters. The van der Waals surface area contributed by atoms with Gasteiger partial charge in [0.25, 0.3) is 0 Å². The minimum atomic E-state index is -0.129. The lowest BCUT2D eigenvalue weighted by Crippen LogP contribution is -2.15. The highest BCUT2D eigenvalue weighted by Gasteiger charge is 2.11. The number of amides is 1. The maximum atomic E-state index is 12.4. The van der Waals surface area contributed by atoms with Gasteiger partial charge in [-0.1, -0.05) is 48.2 Å². The van der Waals surface area contributed by atoms with E-state index in [2.05, 4.69) is 15.3 Å². The van der Waals surface area contributed by atoms with Crippen molar-refractivity contribution in [1.82, 2.24) is 9.97 Å². The molecule has 0 spiro atoms. The number of carbonyl (C=O) groups excluding carboxylic acids is 1. The van der Waals surface area contributed by atoms with E-state index >= 15 is 0 Å². The van der Waals surface area contributed by atoms with Crippen molar-refractivity contribution in [3.8, 4) is 17.0 Å². The Balaban J connectivity index is 1.69. The van der Waals surface area contributed by atoms with Crippen LogP contribution in [0.25, 0.3) is 11.3 Å². The molecule has 138 valence electrons. The maximum Gasteiger partial charge on any atom is 0.234 e. The molecule has 1 amide bonds. The fourth-order valence-corrected chi connectivity index (χ4v) is 3.30. The van der Waals surface area contributed by atoms with Crippen molar-refractivity contribution in [1.29, 1.82) is 0 Å². The van der Waals surface area contributed by atoms with E-state index in [0.717, 1.165) is 22.5 Å². The van der Waals surface area contributed by atoms with Crippen LogP contribution in [0.4, 0.5) is 5.69 Å². The Bertz CT molecular complexity index is 945. The van der Waals surface area contributed by atoms with Gasteiger partial charge in [-0.05, 0) is 37.6 Å². The van der Waals surface area contributed by atoms with E-state index in [9.17, 15) is 4.79 Å². The van der Waals surface area contributed by atoms with Gasteiger partial charge >= 0.3 is 0 Å². The van der Waals surface area contributed by atoms with Gasteiger partial charge in [0.05, 0.1) is 24.2 Å². The number of carbonyl (C=O) groups is 1. The second-order valence-electron chi connectivity index (χ2n) is 6.08. The zero-order valence-corrected chi connectivity index (χ0v) is 16.3. The molecule has 1 heterocycles. The van der Waals surface area contributed by atoms with Crippen molar-refractivity contribution in [2.45, 2.75) is 19.0 Å². The number of thioether (sulfide) groups is 1. The molecule has 0 saturated carbocycles. The second-order valence-corrected chi connectivity index (χ2v) is 7.03. The summed E-state index contributed by atoms with van der Waals surface area (Å²) < 4.78 is 5.30. The first-order valence-corrected chi connectivity index (χ1v) is 9.52. The molecule has 0 atom stereocenters. The Morgan fingerprint density at radius 2 is 1.85 bits per heavy atom. The van der Waals surface area contributed by atoms with Crippen LogP contribution in [0, 0.1) is 13.8 Å². The topological polar surface area (TPSA) is 64.1 Å². The van der Waals surface area contributed by atoms with E-state index in [0.29, 0.717) is 16.6 Å². The molecule has 0 radical (unpaired) electrons. The molecule has 0 saturated heterocycles. The molecular formula is C21H21N3O2S. The summed E-state index contributed by atoms with van der Waals surface area (Å²) in [6.07, 6.45) is 0. The summed E-state index contributed by atoms with van der Waals surface area (Å²) in [5, 5.41) is 3.48. The van der Waals surface area contributed by atoms with Crippen LogP contribution >= 0.6 is 11.8 Å². The molecule has 1 N–H and O–H groups in total. The lowest BCUT2D eigenvalue weighted by molar-refractivity contribution is -0.113. The van der Waals surface area contributed by atoms with Crippen LogP contribution in [0.15, 0.2) is 59.8 Å². The number of aromatic nitrogens is 2. The number of aryl methyl sites for hydroxylation is 2. The van der Waals surface area contributed by atoms with Gasteiger partial charge in [0, 0.05) is 11.3 Å². The standard InChI is InChI=1S/C21H21N3O2S/c1-14-9-10-19(26-3)18(11-14)23-20(25)13-27-21-22-15(2)12-17(24-21)16-7-5-4-6-8-16/h4-12H,13H2,1-3H3,(H,23,25). The van der Waals surface area contributed by atoms with Crippen molar-refractivity contribution >= 4 is 23.4 Å². The van der Waals surface area contributed by atoms with Crippen LogP contribution in [0.3, 0.4) is 0 Å². The van der Waals surface area contributed by atoms with Gasteiger partial charge in [0.1, 0.15) is 5.75 Å². The fourth-order valence-electron chi connectivity index (χ4n) is 2.60. The Morgan fingerprint density at radius 3 is 2.59 bits per heavy atom. The predicted molar refractivity (Wildman–Crippen MR) is 109 cm³/mol. The quantitative estimate of drug-likeness (QED) is 0.505. The highest BCUT2D eigenvalue weighted by atomic mass is 32.2. The van der Waals surface area contributed by atoms with E-state index < -0.39 is 0 Å². The van der Waals surface area contributed by atoms with Crippen LogP contribution in [0.1, 0.15) is 11.3 Å². The fraction of sp³-hybridized carbons (Fsp3) is 0.190. The summed E-state index contributed by atoms with van der Waals surface area (Å²) in [4.78, 5) is 21.4. The molecule has 0 aliphatic carbocycles. The van der Waals surface area contributed by atoms with Gasteiger partial charge in [-0.3, -0.25) is 4.79 Å². The first-order chi connectivity index (χ1) is 13.0. The minimum Gasteiger partial charge on any atom is -0.495 e. The summed E-state index contributed by atoms with van der Waals surface area (Å²) in [5.74, 6) is 0.724. The molecule has 0 bridgehead atoms. The van der Waals surface area contributed by atoms with Gasteiger partial charge in [-0.25, -0.2) is 9.97 Å². The lowest BCUT2D eigenvalue weighted by atomic mass is 10.1. The maximum absolute atomic E-state index is 12.4. The second kappa shape index (κ2) is 8.68. The van der Waals surface area contributed by atoms with Crippen LogP contribution in [0.5, 0.6) is 5.75 Å². The summed E-state index contributed by atoms with van der Waals surface area (Å²) in [6.45, 7) is 3.89. The number of ether oxygens (including phenoxy) is 1. The van der Waals surface area contributed by atoms with Crippen molar-refractivity contribution in [2.75, 3.05) is 18.2 Å². The number of methoxy groups -OCH3 is 1. The number of nitrogens with one attached hydrogen (secondary N) is 1. The summed E-state index contributed by atoms with van der Waals surface area (Å²) in [7, 11) is 1.58. The predicted octanol–water partition coefficient (Wildman–Crippen LogP) is 4.50. The van der Waals surface area contributed by atoms with Crippen molar-refractivity contribution in [2.24, 2.45) is 0 Å². The highest BCUT2D eigenvalue weighted by molar-refractivity contribution is 7.99. The molecule has 0 aliphatic rings. The molecule has 1 aromatic heterocycles. The number of benzene rings is 2. The zero-order valence-electron chi connectivity index (χ0n) is 15.5. The van der Waals surface area contributed by atoms with E-state index in [1.54, 1.807) is 7.11 Å². The van der Waals surface area contributed by atoms with E-state index in [1.165, 1.54) is 11.8 Å². The Morgan fingerprint density at radius 1 is 1.07 bits per heavy atom. The van der Waals surface area contributed by atoms with Crippen molar-refractivity contribution in [3.63, 3.8) is 0 Å². The highest BCUT2D eigenvalue weighted by Crippen LogP contribution is 2.26. The minimum absolute atomic E-state index is 0.129. The first-order valence-electron chi connectivity index (χ1n) is 8.53. The van der Waals surface area contributed by atoms with Crippen molar-refractivity contribution < 1.29 is 9.53 Å². The zero-order chi connectivity index (χ0) is 19.2. The van der Waals surface area contributed by atoms with Crippen LogP contribution in [0.2, 0.25) is 0 Å². The van der Waals surface area contributed by atoms with Crippen LogP contribution < -0.4 is 10.1 Å². The molecule has 2 aromatic carbocycles. The molecule has 27 heavy (non-hydrogen) atoms. The Hall–Kier alpha value is -2.86. The number of hydrogen-bond acceptors (Lipinski definition) is 5. The smallest absolute Gasteiger partial charge is 0.234 e. The Labute approximate surface area is 163 Å². The number of hydrogen-bond donors (Lipinski definition) is 1. The lowest BCUT2D eigenvalue weighted by Gasteiger charge is -2.11. The average Bonchev–Trinajstić information content (AvgIpc) is 2.67. The van der Waals surface area contributed by atoms with Crippen LogP contribution in [-0.4, -0.2) is 28.7 Å². The normalized spacial score (nSPS) is 10.5. The van der Waals surface area contributed by atoms with E-state index in [1.807, 2.05) is 68.4 Å². The summed E-state index contributed by atoms with van der Waals surface area (Å²) in [5.41, 5.74) is 4.46. The molecule has 3 aromatic rings. The largest absolute Gasteiger partial charge is 0.495 e. The molecule has 0 fully saturated rings. The monoisotopic (exact) mass is 379 g/mol.